The predicted octanol–water partition coefficient (Wildman–Crippen LogP) is -0.395. The first-order valence-electron chi connectivity index (χ1n) is 2.21. The Kier molecular flexibility index (Phi) is 10.3. The maximum absolute atomic E-state index is 9.90. The minimum Gasteiger partial charge on any atom is -0.478 e. The Labute approximate surface area is 67.9 Å². The second-order valence-electron chi connectivity index (χ2n) is 1.36. The molecular formula is C5H10N2O5. The molecule has 12 heavy (non-hydrogen) atoms. The Hall–Kier alpha value is -1.73. The fraction of sp³-hybridized carbons (Fsp3) is 0. The first-order valence-corrected chi connectivity index (χ1v) is 2.21. The quantitative estimate of drug-likeness (QED) is 0.198. The summed E-state index contributed by atoms with van der Waals surface area (Å²) < 4.78 is 0. The predicted molar refractivity (Wildman–Crippen MR) is 39.5 cm³/mol. The molecule has 70 valence electrons. The first-order chi connectivity index (χ1) is 4.57. The van der Waals surface area contributed by atoms with Gasteiger partial charge in [0.15, 0.2) is 6.29 Å². The van der Waals surface area contributed by atoms with E-state index >= 15 is 0 Å². The molecule has 0 rings (SSSR count). The van der Waals surface area contributed by atoms with E-state index < -0.39 is 17.5 Å². The molecule has 0 aromatic heterocycles. The molecule has 0 bridgehead atoms. The zero-order valence-corrected chi connectivity index (χ0v) is 6.19. The molecule has 0 aromatic carbocycles. The van der Waals surface area contributed by atoms with Gasteiger partial charge in [-0.05, 0) is 0 Å². The third kappa shape index (κ3) is 6.39. The Balaban J connectivity index is -0.000000405. The van der Waals surface area contributed by atoms with Gasteiger partial charge in [0, 0.05) is 6.08 Å². The molecule has 0 aliphatic carbocycles. The number of carbonyl (C=O) groups excluding carboxylic acids is 1. The molecule has 0 amide bonds. The molecule has 0 aliphatic heterocycles. The van der Waals surface area contributed by atoms with Gasteiger partial charge in [0.05, 0.1) is 0 Å². The number of carboxylic acids is 2. The second kappa shape index (κ2) is 7.38. The van der Waals surface area contributed by atoms with Crippen molar-refractivity contribution in [3.8, 4) is 0 Å². The molecule has 0 aliphatic rings. The monoisotopic (exact) mass is 178 g/mol. The molecule has 0 spiro atoms. The summed E-state index contributed by atoms with van der Waals surface area (Å²) >= 11 is 0. The topological polar surface area (TPSA) is 162 Å². The van der Waals surface area contributed by atoms with Gasteiger partial charge in [-0.3, -0.25) is 4.79 Å². The molecule has 0 fully saturated rings. The van der Waals surface area contributed by atoms with Crippen LogP contribution in [0.5, 0.6) is 0 Å². The molecule has 0 saturated carbocycles. The number of carbonyl (C=O) groups is 3. The average Bonchev–Trinajstić information content (AvgIpc) is 1.81. The van der Waals surface area contributed by atoms with Gasteiger partial charge in [0.25, 0.3) is 0 Å². The van der Waals surface area contributed by atoms with E-state index in [1.54, 1.807) is 0 Å². The maximum atomic E-state index is 9.90. The number of aldehydes is 1. The lowest BCUT2D eigenvalue weighted by Crippen LogP contribution is -2.04. The minimum absolute atomic E-state index is 0. The highest BCUT2D eigenvalue weighted by Gasteiger charge is 2.06. The summed E-state index contributed by atoms with van der Waals surface area (Å²) in [5, 5.41) is 16.0. The van der Waals surface area contributed by atoms with Crippen molar-refractivity contribution in [1.82, 2.24) is 12.3 Å². The summed E-state index contributed by atoms with van der Waals surface area (Å²) in [7, 11) is 0. The molecule has 0 saturated heterocycles. The van der Waals surface area contributed by atoms with Gasteiger partial charge in [-0.15, -0.1) is 0 Å². The molecule has 8 N–H and O–H groups in total. The van der Waals surface area contributed by atoms with Crippen molar-refractivity contribution in [1.29, 1.82) is 0 Å². The Morgan fingerprint density at radius 1 is 1.08 bits per heavy atom. The lowest BCUT2D eigenvalue weighted by Gasteiger charge is -1.85. The molecule has 0 unspecified atom stereocenters. The highest BCUT2D eigenvalue weighted by atomic mass is 16.4. The van der Waals surface area contributed by atoms with E-state index in [0.29, 0.717) is 6.08 Å². The number of aliphatic carboxylic acids is 2. The Morgan fingerprint density at radius 2 is 1.50 bits per heavy atom. The molecule has 7 heteroatoms. The van der Waals surface area contributed by atoms with Crippen LogP contribution in [0.1, 0.15) is 0 Å². The smallest absolute Gasteiger partial charge is 0.339 e. The Morgan fingerprint density at radius 3 is 1.58 bits per heavy atom. The van der Waals surface area contributed by atoms with Crippen LogP contribution in [0.25, 0.3) is 0 Å². The van der Waals surface area contributed by atoms with Crippen LogP contribution in [-0.4, -0.2) is 28.4 Å². The normalized spacial score (nSPS) is 8.83. The van der Waals surface area contributed by atoms with Crippen LogP contribution in [0, 0.1) is 0 Å². The fourth-order valence-electron chi connectivity index (χ4n) is 0.279. The molecule has 0 heterocycles. The average molecular weight is 178 g/mol. The largest absolute Gasteiger partial charge is 0.478 e. The number of rotatable bonds is 3. The summed E-state index contributed by atoms with van der Waals surface area (Å²) in [6.45, 7) is 0. The summed E-state index contributed by atoms with van der Waals surface area (Å²) in [6, 6.07) is 0. The number of carboxylic acid groups (broad SMARTS) is 2. The highest BCUT2D eigenvalue weighted by Crippen LogP contribution is 1.87. The SMILES string of the molecule is N.N.O=C/C(=C/C(=O)O)C(=O)O. The van der Waals surface area contributed by atoms with Gasteiger partial charge in [-0.2, -0.15) is 0 Å². The standard InChI is InChI=1S/C5H4O5.2H3N/c6-2-3(5(9)10)1-4(7)8;;/h1-2H,(H,7,8)(H,9,10);2*1H3/b3-1-;;. The van der Waals surface area contributed by atoms with Crippen molar-refractivity contribution in [2.45, 2.75) is 0 Å². The van der Waals surface area contributed by atoms with Crippen molar-refractivity contribution in [2.24, 2.45) is 0 Å². The van der Waals surface area contributed by atoms with Crippen molar-refractivity contribution >= 4 is 18.2 Å². The van der Waals surface area contributed by atoms with E-state index in [-0.39, 0.29) is 18.6 Å². The van der Waals surface area contributed by atoms with Crippen molar-refractivity contribution in [2.75, 3.05) is 0 Å². The van der Waals surface area contributed by atoms with E-state index in [9.17, 15) is 14.4 Å². The van der Waals surface area contributed by atoms with E-state index in [1.165, 1.54) is 0 Å². The molecule has 0 radical (unpaired) electrons. The van der Waals surface area contributed by atoms with E-state index in [1.807, 2.05) is 0 Å². The first kappa shape index (κ1) is 16.7. The van der Waals surface area contributed by atoms with Crippen LogP contribution < -0.4 is 12.3 Å². The zero-order valence-electron chi connectivity index (χ0n) is 6.19. The summed E-state index contributed by atoms with van der Waals surface area (Å²) in [6.07, 6.45) is 0.297. The van der Waals surface area contributed by atoms with Crippen LogP contribution in [0.15, 0.2) is 11.6 Å². The second-order valence-corrected chi connectivity index (χ2v) is 1.36. The van der Waals surface area contributed by atoms with E-state index in [4.69, 9.17) is 10.2 Å². The summed E-state index contributed by atoms with van der Waals surface area (Å²) in [5.74, 6) is -3.00. The summed E-state index contributed by atoms with van der Waals surface area (Å²) in [4.78, 5) is 29.4. The molecule has 0 aromatic rings. The third-order valence-corrected chi connectivity index (χ3v) is 0.653. The minimum atomic E-state index is -1.54. The molecular weight excluding hydrogens is 168 g/mol. The lowest BCUT2D eigenvalue weighted by molar-refractivity contribution is -0.135. The van der Waals surface area contributed by atoms with Crippen molar-refractivity contribution < 1.29 is 24.6 Å². The van der Waals surface area contributed by atoms with Gasteiger partial charge < -0.3 is 22.5 Å². The van der Waals surface area contributed by atoms with E-state index in [2.05, 4.69) is 0 Å². The van der Waals surface area contributed by atoms with Gasteiger partial charge in [0.2, 0.25) is 0 Å². The lowest BCUT2D eigenvalue weighted by atomic mass is 10.3. The van der Waals surface area contributed by atoms with Crippen LogP contribution in [-0.2, 0) is 14.4 Å². The van der Waals surface area contributed by atoms with Crippen molar-refractivity contribution in [3.63, 3.8) is 0 Å². The number of hydrogen-bond donors (Lipinski definition) is 4. The maximum Gasteiger partial charge on any atom is 0.339 e. The Bertz CT molecular complexity index is 210. The van der Waals surface area contributed by atoms with E-state index in [0.717, 1.165) is 0 Å². The number of hydrogen-bond acceptors (Lipinski definition) is 5. The van der Waals surface area contributed by atoms with Crippen LogP contribution in [0.2, 0.25) is 0 Å². The van der Waals surface area contributed by atoms with Crippen LogP contribution in [0.4, 0.5) is 0 Å². The molecule has 0 atom stereocenters. The zero-order chi connectivity index (χ0) is 8.15. The summed E-state index contributed by atoms with van der Waals surface area (Å²) in [5.41, 5.74) is -0.771. The van der Waals surface area contributed by atoms with Gasteiger partial charge >= 0.3 is 11.9 Å². The van der Waals surface area contributed by atoms with Crippen molar-refractivity contribution in [3.05, 3.63) is 11.6 Å². The van der Waals surface area contributed by atoms with Gasteiger partial charge in [-0.25, -0.2) is 9.59 Å². The van der Waals surface area contributed by atoms with Gasteiger partial charge in [0.1, 0.15) is 5.57 Å². The fourth-order valence-corrected chi connectivity index (χ4v) is 0.279. The van der Waals surface area contributed by atoms with Crippen LogP contribution in [0.3, 0.4) is 0 Å². The highest BCUT2D eigenvalue weighted by molar-refractivity contribution is 6.10. The van der Waals surface area contributed by atoms with Gasteiger partial charge in [-0.1, -0.05) is 0 Å². The van der Waals surface area contributed by atoms with Crippen LogP contribution >= 0.6 is 0 Å². The third-order valence-electron chi connectivity index (χ3n) is 0.653. The molecule has 7 nitrogen and oxygen atoms in total.